The summed E-state index contributed by atoms with van der Waals surface area (Å²) in [5.41, 5.74) is 0.930. The van der Waals surface area contributed by atoms with Crippen molar-refractivity contribution in [2.75, 3.05) is 13.7 Å². The Hall–Kier alpha value is -2.25. The highest BCUT2D eigenvalue weighted by Gasteiger charge is 2.17. The zero-order valence-electron chi connectivity index (χ0n) is 14.9. The number of methoxy groups -OCH3 is 1. The van der Waals surface area contributed by atoms with E-state index in [9.17, 15) is 9.59 Å². The molecule has 2 rings (SSSR count). The van der Waals surface area contributed by atoms with Gasteiger partial charge in [0.05, 0.1) is 18.1 Å². The predicted octanol–water partition coefficient (Wildman–Crippen LogP) is 3.31. The van der Waals surface area contributed by atoms with Gasteiger partial charge in [-0.05, 0) is 58.7 Å². The third kappa shape index (κ3) is 6.77. The maximum Gasteiger partial charge on any atom is 0.261 e. The minimum absolute atomic E-state index is 0.134. The van der Waals surface area contributed by atoms with Crippen LogP contribution in [0.2, 0.25) is 5.02 Å². The number of carbonyl (C=O) groups excluding carboxylic acids is 2. The molecule has 0 bridgehead atoms. The molecule has 0 aromatic heterocycles. The van der Waals surface area contributed by atoms with E-state index in [1.54, 1.807) is 32.2 Å². The van der Waals surface area contributed by atoms with E-state index in [0.29, 0.717) is 21.8 Å². The van der Waals surface area contributed by atoms with Gasteiger partial charge in [-0.1, -0.05) is 23.7 Å². The van der Waals surface area contributed by atoms with Crippen molar-refractivity contribution in [3.05, 3.63) is 57.5 Å². The molecule has 0 aliphatic heterocycles. The maximum absolute atomic E-state index is 12.1. The summed E-state index contributed by atoms with van der Waals surface area (Å²) in [6, 6.07) is 12.4. The minimum atomic E-state index is -0.767. The summed E-state index contributed by atoms with van der Waals surface area (Å²) in [6.45, 7) is 1.83. The van der Waals surface area contributed by atoms with Gasteiger partial charge in [0.1, 0.15) is 11.5 Å². The molecule has 2 aromatic rings. The van der Waals surface area contributed by atoms with Crippen molar-refractivity contribution >= 4 is 39.3 Å². The number of carbonyl (C=O) groups is 2. The number of hydrogen-bond acceptors (Lipinski definition) is 4. The summed E-state index contributed by atoms with van der Waals surface area (Å²) in [7, 11) is 1.59. The average Bonchev–Trinajstić information content (AvgIpc) is 2.66. The first-order valence-electron chi connectivity index (χ1n) is 8.18. The molecule has 2 aromatic carbocycles. The lowest BCUT2D eigenvalue weighted by Gasteiger charge is -2.16. The molecule has 0 radical (unpaired) electrons. The Morgan fingerprint density at radius 2 is 1.85 bits per heavy atom. The van der Waals surface area contributed by atoms with Gasteiger partial charge in [-0.15, -0.1) is 0 Å². The standard InChI is InChI=1S/C19H20BrClN2O4/c1-12(27-17-8-5-14(21)9-16(17)20)19(25)23-11-18(24)22-10-13-3-6-15(26-2)7-4-13/h3-9,12H,10-11H2,1-2H3,(H,22,24)(H,23,25). The van der Waals surface area contributed by atoms with E-state index in [1.165, 1.54) is 0 Å². The highest BCUT2D eigenvalue weighted by atomic mass is 79.9. The first-order valence-corrected chi connectivity index (χ1v) is 9.35. The first kappa shape index (κ1) is 21.1. The molecule has 2 amide bonds. The third-order valence-electron chi connectivity index (χ3n) is 3.64. The predicted molar refractivity (Wildman–Crippen MR) is 107 cm³/mol. The molecule has 0 saturated heterocycles. The second-order valence-corrected chi connectivity index (χ2v) is 6.97. The van der Waals surface area contributed by atoms with Crippen LogP contribution in [0.3, 0.4) is 0 Å². The van der Waals surface area contributed by atoms with Crippen molar-refractivity contribution in [3.8, 4) is 11.5 Å². The quantitative estimate of drug-likeness (QED) is 0.640. The van der Waals surface area contributed by atoms with Gasteiger partial charge in [0.25, 0.3) is 5.91 Å². The van der Waals surface area contributed by atoms with Gasteiger partial charge in [-0.3, -0.25) is 9.59 Å². The van der Waals surface area contributed by atoms with Gasteiger partial charge in [-0.25, -0.2) is 0 Å². The molecule has 0 heterocycles. The van der Waals surface area contributed by atoms with Gasteiger partial charge in [0.2, 0.25) is 5.91 Å². The van der Waals surface area contributed by atoms with Crippen molar-refractivity contribution < 1.29 is 19.1 Å². The van der Waals surface area contributed by atoms with Crippen LogP contribution < -0.4 is 20.1 Å². The lowest BCUT2D eigenvalue weighted by atomic mass is 10.2. The Balaban J connectivity index is 1.75. The molecule has 1 atom stereocenters. The molecule has 0 aliphatic rings. The van der Waals surface area contributed by atoms with Crippen molar-refractivity contribution in [3.63, 3.8) is 0 Å². The number of rotatable bonds is 8. The maximum atomic E-state index is 12.1. The zero-order valence-corrected chi connectivity index (χ0v) is 17.3. The molecule has 0 aliphatic carbocycles. The Morgan fingerprint density at radius 1 is 1.15 bits per heavy atom. The largest absolute Gasteiger partial charge is 0.497 e. The average molecular weight is 456 g/mol. The molecule has 27 heavy (non-hydrogen) atoms. The van der Waals surface area contributed by atoms with E-state index in [0.717, 1.165) is 11.3 Å². The molecule has 1 unspecified atom stereocenters. The highest BCUT2D eigenvalue weighted by molar-refractivity contribution is 9.10. The summed E-state index contributed by atoms with van der Waals surface area (Å²) in [4.78, 5) is 24.0. The molecular formula is C19H20BrClN2O4. The van der Waals surface area contributed by atoms with E-state index in [2.05, 4.69) is 26.6 Å². The van der Waals surface area contributed by atoms with Gasteiger partial charge < -0.3 is 20.1 Å². The summed E-state index contributed by atoms with van der Waals surface area (Å²) in [6.07, 6.45) is -0.767. The topological polar surface area (TPSA) is 76.7 Å². The van der Waals surface area contributed by atoms with E-state index in [1.807, 2.05) is 24.3 Å². The lowest BCUT2D eigenvalue weighted by molar-refractivity contribution is -0.130. The van der Waals surface area contributed by atoms with Crippen LogP contribution in [0.1, 0.15) is 12.5 Å². The van der Waals surface area contributed by atoms with Crippen LogP contribution in [0, 0.1) is 0 Å². The molecule has 0 spiro atoms. The zero-order chi connectivity index (χ0) is 19.8. The Bertz CT molecular complexity index is 799. The van der Waals surface area contributed by atoms with Crippen molar-refractivity contribution in [2.45, 2.75) is 19.6 Å². The van der Waals surface area contributed by atoms with Crippen LogP contribution >= 0.6 is 27.5 Å². The van der Waals surface area contributed by atoms with E-state index in [4.69, 9.17) is 21.1 Å². The number of benzene rings is 2. The second-order valence-electron chi connectivity index (χ2n) is 5.68. The van der Waals surface area contributed by atoms with Crippen LogP contribution in [-0.4, -0.2) is 31.6 Å². The van der Waals surface area contributed by atoms with Gasteiger partial charge in [0, 0.05) is 11.6 Å². The Kier molecular flexibility index (Phi) is 7.94. The second kappa shape index (κ2) is 10.2. The van der Waals surface area contributed by atoms with Gasteiger partial charge in [-0.2, -0.15) is 0 Å². The van der Waals surface area contributed by atoms with Crippen molar-refractivity contribution in [2.24, 2.45) is 0 Å². The van der Waals surface area contributed by atoms with Crippen molar-refractivity contribution in [1.29, 1.82) is 0 Å². The third-order valence-corrected chi connectivity index (χ3v) is 4.49. The number of hydrogen-bond donors (Lipinski definition) is 2. The van der Waals surface area contributed by atoms with Crippen LogP contribution in [-0.2, 0) is 16.1 Å². The first-order chi connectivity index (χ1) is 12.9. The summed E-state index contributed by atoms with van der Waals surface area (Å²) >= 11 is 9.20. The SMILES string of the molecule is COc1ccc(CNC(=O)CNC(=O)C(C)Oc2ccc(Cl)cc2Br)cc1. The molecular weight excluding hydrogens is 436 g/mol. The molecule has 144 valence electrons. The fraction of sp³-hybridized carbons (Fsp3) is 0.263. The number of nitrogens with one attached hydrogen (secondary N) is 2. The van der Waals surface area contributed by atoms with Crippen LogP contribution in [0.25, 0.3) is 0 Å². The number of ether oxygens (including phenoxy) is 2. The summed E-state index contributed by atoms with van der Waals surface area (Å²) in [5.74, 6) is 0.556. The molecule has 6 nitrogen and oxygen atoms in total. The van der Waals surface area contributed by atoms with E-state index >= 15 is 0 Å². The van der Waals surface area contributed by atoms with Crippen LogP contribution in [0.5, 0.6) is 11.5 Å². The number of halogens is 2. The Labute approximate surface area is 171 Å². The Morgan fingerprint density at radius 3 is 2.48 bits per heavy atom. The van der Waals surface area contributed by atoms with Gasteiger partial charge in [0.15, 0.2) is 6.10 Å². The molecule has 0 fully saturated rings. The highest BCUT2D eigenvalue weighted by Crippen LogP contribution is 2.28. The molecule has 2 N–H and O–H groups in total. The van der Waals surface area contributed by atoms with E-state index < -0.39 is 12.0 Å². The summed E-state index contributed by atoms with van der Waals surface area (Å²) < 4.78 is 11.3. The monoisotopic (exact) mass is 454 g/mol. The van der Waals surface area contributed by atoms with Crippen LogP contribution in [0.15, 0.2) is 46.9 Å². The molecule has 8 heteroatoms. The normalized spacial score (nSPS) is 11.4. The number of amides is 2. The van der Waals surface area contributed by atoms with E-state index in [-0.39, 0.29) is 12.5 Å². The smallest absolute Gasteiger partial charge is 0.261 e. The summed E-state index contributed by atoms with van der Waals surface area (Å²) in [5, 5.41) is 5.84. The fourth-order valence-electron chi connectivity index (χ4n) is 2.13. The van der Waals surface area contributed by atoms with Gasteiger partial charge >= 0.3 is 0 Å². The lowest BCUT2D eigenvalue weighted by Crippen LogP contribution is -2.42. The molecule has 0 saturated carbocycles. The minimum Gasteiger partial charge on any atom is -0.497 e. The van der Waals surface area contributed by atoms with Crippen LogP contribution in [0.4, 0.5) is 0 Å². The van der Waals surface area contributed by atoms with Crippen molar-refractivity contribution in [1.82, 2.24) is 10.6 Å². The fourth-order valence-corrected chi connectivity index (χ4v) is 2.91.